The van der Waals surface area contributed by atoms with Crippen LogP contribution < -0.4 is 4.90 Å². The summed E-state index contributed by atoms with van der Waals surface area (Å²) in [5.41, 5.74) is 4.55. The van der Waals surface area contributed by atoms with Gasteiger partial charge in [-0.15, -0.1) is 0 Å². The molecule has 0 unspecified atom stereocenters. The van der Waals surface area contributed by atoms with E-state index < -0.39 is 0 Å². The van der Waals surface area contributed by atoms with Crippen LogP contribution in [-0.2, 0) is 11.2 Å². The second-order valence-corrected chi connectivity index (χ2v) is 5.82. The molecular weight excluding hydrogens is 234 g/mol. The van der Waals surface area contributed by atoms with Crippen molar-refractivity contribution >= 4 is 5.69 Å². The second kappa shape index (κ2) is 5.96. The summed E-state index contributed by atoms with van der Waals surface area (Å²) in [6, 6.07) is 7.20. The van der Waals surface area contributed by atoms with Crippen molar-refractivity contribution < 1.29 is 4.74 Å². The molecule has 3 rings (SSSR count). The molecule has 0 amide bonds. The van der Waals surface area contributed by atoms with Crippen molar-refractivity contribution in [2.45, 2.75) is 44.9 Å². The van der Waals surface area contributed by atoms with E-state index in [1.54, 1.807) is 0 Å². The highest BCUT2D eigenvalue weighted by Crippen LogP contribution is 2.32. The second-order valence-electron chi connectivity index (χ2n) is 5.82. The maximum absolute atomic E-state index is 5.47. The van der Waals surface area contributed by atoms with E-state index in [0.29, 0.717) is 5.92 Å². The fraction of sp³-hybridized carbons (Fsp3) is 0.647. The van der Waals surface area contributed by atoms with E-state index in [-0.39, 0.29) is 0 Å². The molecule has 2 fully saturated rings. The molecule has 2 saturated heterocycles. The Morgan fingerprint density at radius 2 is 1.89 bits per heavy atom. The Labute approximate surface area is 116 Å². The number of ether oxygens (including phenoxy) is 1. The Morgan fingerprint density at radius 3 is 2.58 bits per heavy atom. The molecule has 0 saturated carbocycles. The smallest absolute Gasteiger partial charge is 0.0471 e. The van der Waals surface area contributed by atoms with Gasteiger partial charge in [-0.3, -0.25) is 0 Å². The zero-order valence-corrected chi connectivity index (χ0v) is 12.0. The molecule has 104 valence electrons. The number of hydrogen-bond donors (Lipinski definition) is 0. The third kappa shape index (κ3) is 2.79. The van der Waals surface area contributed by atoms with Gasteiger partial charge in [0.25, 0.3) is 0 Å². The molecular formula is C17H25NO. The minimum atomic E-state index is 0.715. The molecule has 0 spiro atoms. The Morgan fingerprint density at radius 1 is 1.16 bits per heavy atom. The molecule has 0 bridgehead atoms. The molecule has 2 heteroatoms. The Hall–Kier alpha value is -1.02. The Balaban J connectivity index is 1.83. The van der Waals surface area contributed by atoms with Crippen molar-refractivity contribution in [3.8, 4) is 0 Å². The highest BCUT2D eigenvalue weighted by molar-refractivity contribution is 5.56. The van der Waals surface area contributed by atoms with Crippen molar-refractivity contribution in [1.29, 1.82) is 0 Å². The van der Waals surface area contributed by atoms with Gasteiger partial charge < -0.3 is 9.64 Å². The molecule has 1 aromatic rings. The van der Waals surface area contributed by atoms with E-state index in [1.807, 2.05) is 0 Å². The zero-order valence-electron chi connectivity index (χ0n) is 12.0. The minimum Gasteiger partial charge on any atom is -0.381 e. The van der Waals surface area contributed by atoms with Gasteiger partial charge >= 0.3 is 0 Å². The van der Waals surface area contributed by atoms with Crippen molar-refractivity contribution in [2.75, 3.05) is 31.2 Å². The summed E-state index contributed by atoms with van der Waals surface area (Å²) < 4.78 is 5.47. The number of nitrogens with zero attached hydrogens (tertiary/aromatic N) is 1. The van der Waals surface area contributed by atoms with Gasteiger partial charge in [0.1, 0.15) is 0 Å². The average molecular weight is 259 g/mol. The topological polar surface area (TPSA) is 12.5 Å². The number of benzene rings is 1. The first-order valence-electron chi connectivity index (χ1n) is 7.84. The van der Waals surface area contributed by atoms with E-state index in [4.69, 9.17) is 4.74 Å². The van der Waals surface area contributed by atoms with Crippen LogP contribution in [0.5, 0.6) is 0 Å². The molecule has 2 nitrogen and oxygen atoms in total. The van der Waals surface area contributed by atoms with Crippen LogP contribution >= 0.6 is 0 Å². The van der Waals surface area contributed by atoms with Gasteiger partial charge in [-0.1, -0.05) is 19.1 Å². The van der Waals surface area contributed by atoms with Crippen LogP contribution in [0.15, 0.2) is 18.2 Å². The van der Waals surface area contributed by atoms with Crippen LogP contribution in [0, 0.1) is 0 Å². The summed E-state index contributed by atoms with van der Waals surface area (Å²) in [4.78, 5) is 2.56. The minimum absolute atomic E-state index is 0.715. The molecule has 0 N–H and O–H groups in total. The highest BCUT2D eigenvalue weighted by Gasteiger charge is 2.19. The summed E-state index contributed by atoms with van der Waals surface area (Å²) in [5.74, 6) is 0.715. The molecule has 2 heterocycles. The van der Waals surface area contributed by atoms with E-state index in [2.05, 4.69) is 30.0 Å². The summed E-state index contributed by atoms with van der Waals surface area (Å²) in [7, 11) is 0. The lowest BCUT2D eigenvalue weighted by atomic mass is 9.90. The van der Waals surface area contributed by atoms with Gasteiger partial charge in [0, 0.05) is 32.0 Å². The van der Waals surface area contributed by atoms with E-state index in [9.17, 15) is 0 Å². The van der Waals surface area contributed by atoms with Gasteiger partial charge in [-0.25, -0.2) is 0 Å². The van der Waals surface area contributed by atoms with Crippen LogP contribution in [-0.4, -0.2) is 26.3 Å². The fourth-order valence-corrected chi connectivity index (χ4v) is 3.44. The summed E-state index contributed by atoms with van der Waals surface area (Å²) in [5, 5.41) is 0. The van der Waals surface area contributed by atoms with Crippen LogP contribution in [0.4, 0.5) is 5.69 Å². The average Bonchev–Trinajstić information content (AvgIpc) is 3.01. The normalized spacial score (nSPS) is 21.0. The maximum atomic E-state index is 5.47. The third-order valence-corrected chi connectivity index (χ3v) is 4.62. The zero-order chi connectivity index (χ0) is 13.1. The van der Waals surface area contributed by atoms with Crippen LogP contribution in [0.25, 0.3) is 0 Å². The summed E-state index contributed by atoms with van der Waals surface area (Å²) in [6.45, 7) is 6.62. The molecule has 2 aliphatic heterocycles. The number of aryl methyl sites for hydroxylation is 1. The fourth-order valence-electron chi connectivity index (χ4n) is 3.44. The standard InChI is InChI=1S/C17H25NO/c1-2-14-13-16(15-7-11-19-12-8-15)5-6-17(14)18-9-3-4-10-18/h5-6,13,15H,2-4,7-12H2,1H3. The monoisotopic (exact) mass is 259 g/mol. The molecule has 0 atom stereocenters. The molecule has 1 aromatic carbocycles. The first-order valence-corrected chi connectivity index (χ1v) is 7.84. The van der Waals surface area contributed by atoms with Crippen LogP contribution in [0.3, 0.4) is 0 Å². The number of hydrogen-bond acceptors (Lipinski definition) is 2. The van der Waals surface area contributed by atoms with Crippen molar-refractivity contribution in [3.05, 3.63) is 29.3 Å². The van der Waals surface area contributed by atoms with Gasteiger partial charge in [0.05, 0.1) is 0 Å². The predicted octanol–water partition coefficient (Wildman–Crippen LogP) is 3.74. The lowest BCUT2D eigenvalue weighted by Gasteiger charge is -2.26. The molecule has 0 aromatic heterocycles. The first-order chi connectivity index (χ1) is 9.38. The molecule has 0 radical (unpaired) electrons. The number of rotatable bonds is 3. The quantitative estimate of drug-likeness (QED) is 0.820. The molecule has 0 aliphatic carbocycles. The van der Waals surface area contributed by atoms with E-state index >= 15 is 0 Å². The SMILES string of the molecule is CCc1cc(C2CCOCC2)ccc1N1CCCC1. The predicted molar refractivity (Wildman–Crippen MR) is 80.1 cm³/mol. The van der Waals surface area contributed by atoms with Crippen LogP contribution in [0.1, 0.15) is 49.7 Å². The van der Waals surface area contributed by atoms with Gasteiger partial charge in [0.15, 0.2) is 0 Å². The lowest BCUT2D eigenvalue weighted by Crippen LogP contribution is -2.20. The summed E-state index contributed by atoms with van der Waals surface area (Å²) >= 11 is 0. The van der Waals surface area contributed by atoms with E-state index in [1.165, 1.54) is 55.6 Å². The van der Waals surface area contributed by atoms with Crippen molar-refractivity contribution in [2.24, 2.45) is 0 Å². The Bertz CT molecular complexity index is 417. The largest absolute Gasteiger partial charge is 0.381 e. The van der Waals surface area contributed by atoms with Gasteiger partial charge in [-0.05, 0) is 55.2 Å². The van der Waals surface area contributed by atoms with Crippen LogP contribution in [0.2, 0.25) is 0 Å². The van der Waals surface area contributed by atoms with E-state index in [0.717, 1.165) is 19.6 Å². The number of anilines is 1. The summed E-state index contributed by atoms with van der Waals surface area (Å²) in [6.07, 6.45) is 6.22. The third-order valence-electron chi connectivity index (χ3n) is 4.62. The lowest BCUT2D eigenvalue weighted by molar-refractivity contribution is 0.0853. The highest BCUT2D eigenvalue weighted by atomic mass is 16.5. The molecule has 19 heavy (non-hydrogen) atoms. The first kappa shape index (κ1) is 13.0. The van der Waals surface area contributed by atoms with Gasteiger partial charge in [0.2, 0.25) is 0 Å². The van der Waals surface area contributed by atoms with Gasteiger partial charge in [-0.2, -0.15) is 0 Å². The van der Waals surface area contributed by atoms with Crippen molar-refractivity contribution in [1.82, 2.24) is 0 Å². The van der Waals surface area contributed by atoms with Crippen molar-refractivity contribution in [3.63, 3.8) is 0 Å². The Kier molecular flexibility index (Phi) is 4.07. The molecule has 2 aliphatic rings. The maximum Gasteiger partial charge on any atom is 0.0471 e.